The van der Waals surface area contributed by atoms with Crippen LogP contribution >= 0.6 is 0 Å². The van der Waals surface area contributed by atoms with Crippen molar-refractivity contribution in [3.63, 3.8) is 0 Å². The summed E-state index contributed by atoms with van der Waals surface area (Å²) in [5, 5.41) is 0. The minimum absolute atomic E-state index is 0.0235. The summed E-state index contributed by atoms with van der Waals surface area (Å²) in [6.45, 7) is 3.96. The molecular weight excluding hydrogens is 368 g/mol. The Bertz CT molecular complexity index is 789. The number of hydrogen-bond donors (Lipinski definition) is 0. The van der Waals surface area contributed by atoms with Crippen molar-refractivity contribution < 1.29 is 22.7 Å². The normalized spacial score (nSPS) is 18.3. The third-order valence-electron chi connectivity index (χ3n) is 4.46. The van der Waals surface area contributed by atoms with E-state index in [0.29, 0.717) is 18.5 Å². The van der Waals surface area contributed by atoms with Gasteiger partial charge < -0.3 is 14.5 Å². The third kappa shape index (κ3) is 5.95. The molecule has 1 amide bonds. The van der Waals surface area contributed by atoms with Crippen LogP contribution in [-0.2, 0) is 19.4 Å². The van der Waals surface area contributed by atoms with Gasteiger partial charge >= 0.3 is 5.97 Å². The molecule has 1 aliphatic rings. The highest BCUT2D eigenvalue weighted by molar-refractivity contribution is 7.91. The first kappa shape index (κ1) is 21.2. The monoisotopic (exact) mass is 396 g/mol. The van der Waals surface area contributed by atoms with E-state index in [9.17, 15) is 18.0 Å². The number of anilines is 1. The van der Waals surface area contributed by atoms with Crippen molar-refractivity contribution in [3.8, 4) is 0 Å². The fraction of sp³-hybridized carbons (Fsp3) is 0.579. The number of amides is 1. The van der Waals surface area contributed by atoms with Crippen molar-refractivity contribution in [2.24, 2.45) is 5.92 Å². The zero-order valence-electron chi connectivity index (χ0n) is 16.3. The van der Waals surface area contributed by atoms with Gasteiger partial charge in [-0.05, 0) is 30.5 Å². The Morgan fingerprint density at radius 1 is 1.26 bits per heavy atom. The average Bonchev–Trinajstić information content (AvgIpc) is 2.96. The lowest BCUT2D eigenvalue weighted by atomic mass is 10.1. The molecule has 1 saturated heterocycles. The van der Waals surface area contributed by atoms with Crippen LogP contribution in [0.25, 0.3) is 0 Å². The zero-order chi connectivity index (χ0) is 20.2. The number of esters is 1. The van der Waals surface area contributed by atoms with Crippen molar-refractivity contribution in [2.75, 3.05) is 43.7 Å². The van der Waals surface area contributed by atoms with Gasteiger partial charge in [0.1, 0.15) is 0 Å². The molecule has 27 heavy (non-hydrogen) atoms. The largest absolute Gasteiger partial charge is 0.452 e. The summed E-state index contributed by atoms with van der Waals surface area (Å²) in [5.74, 6) is -0.677. The lowest BCUT2D eigenvalue weighted by Crippen LogP contribution is -2.45. The second kappa shape index (κ2) is 8.73. The van der Waals surface area contributed by atoms with E-state index in [0.717, 1.165) is 5.69 Å². The Labute approximate surface area is 161 Å². The Kier molecular flexibility index (Phi) is 6.86. The zero-order valence-corrected chi connectivity index (χ0v) is 17.2. The molecule has 2 rings (SSSR count). The van der Waals surface area contributed by atoms with Gasteiger partial charge in [-0.3, -0.25) is 4.79 Å². The summed E-state index contributed by atoms with van der Waals surface area (Å²) >= 11 is 0. The number of rotatable bonds is 7. The predicted octanol–water partition coefficient (Wildman–Crippen LogP) is 1.58. The maximum atomic E-state index is 12.6. The summed E-state index contributed by atoms with van der Waals surface area (Å²) in [6.07, 6.45) is 0.430. The van der Waals surface area contributed by atoms with E-state index >= 15 is 0 Å². The Morgan fingerprint density at radius 3 is 2.52 bits per heavy atom. The minimum atomic E-state index is -3.10. The number of benzene rings is 1. The van der Waals surface area contributed by atoms with Gasteiger partial charge in [0.15, 0.2) is 16.4 Å². The molecule has 0 bridgehead atoms. The van der Waals surface area contributed by atoms with Crippen LogP contribution < -0.4 is 4.90 Å². The third-order valence-corrected chi connectivity index (χ3v) is 6.21. The molecule has 0 saturated carbocycles. The van der Waals surface area contributed by atoms with Gasteiger partial charge in [-0.25, -0.2) is 13.2 Å². The molecule has 0 aromatic heterocycles. The molecule has 1 aliphatic heterocycles. The molecule has 1 heterocycles. The molecule has 0 aliphatic carbocycles. The molecule has 0 N–H and O–H groups in total. The van der Waals surface area contributed by atoms with Crippen LogP contribution in [0.3, 0.4) is 0 Å². The number of sulfone groups is 1. The second-order valence-corrected chi connectivity index (χ2v) is 9.75. The molecule has 0 radical (unpaired) electrons. The summed E-state index contributed by atoms with van der Waals surface area (Å²) in [6, 6.07) is 6.60. The van der Waals surface area contributed by atoms with Crippen LogP contribution in [0.4, 0.5) is 5.69 Å². The van der Waals surface area contributed by atoms with E-state index in [4.69, 9.17) is 4.74 Å². The van der Waals surface area contributed by atoms with E-state index in [1.54, 1.807) is 23.1 Å². The molecule has 0 spiro atoms. The van der Waals surface area contributed by atoms with Crippen LogP contribution in [0.2, 0.25) is 0 Å². The van der Waals surface area contributed by atoms with Gasteiger partial charge in [-0.15, -0.1) is 0 Å². The van der Waals surface area contributed by atoms with E-state index in [2.05, 4.69) is 0 Å². The SMILES string of the molecule is CC(C)CN(C(=O)COC(=O)c1cccc(N(C)C)c1)[C@@H]1CCS(=O)(=O)C1. The van der Waals surface area contributed by atoms with E-state index in [1.165, 1.54) is 0 Å². The highest BCUT2D eigenvalue weighted by Crippen LogP contribution is 2.20. The van der Waals surface area contributed by atoms with E-state index in [-0.39, 0.29) is 29.4 Å². The highest BCUT2D eigenvalue weighted by atomic mass is 32.2. The Morgan fingerprint density at radius 2 is 1.96 bits per heavy atom. The predicted molar refractivity (Wildman–Crippen MR) is 105 cm³/mol. The van der Waals surface area contributed by atoms with Crippen molar-refractivity contribution in [2.45, 2.75) is 26.3 Å². The summed E-state index contributed by atoms with van der Waals surface area (Å²) in [4.78, 5) is 28.3. The Balaban J connectivity index is 2.02. The Hall–Kier alpha value is -2.09. The fourth-order valence-electron chi connectivity index (χ4n) is 3.07. The van der Waals surface area contributed by atoms with Gasteiger partial charge in [0.25, 0.3) is 5.91 Å². The summed E-state index contributed by atoms with van der Waals surface area (Å²) < 4.78 is 28.7. The van der Waals surface area contributed by atoms with Crippen LogP contribution in [0.15, 0.2) is 24.3 Å². The van der Waals surface area contributed by atoms with Crippen molar-refractivity contribution in [1.29, 1.82) is 0 Å². The molecule has 1 aromatic rings. The molecule has 7 nitrogen and oxygen atoms in total. The van der Waals surface area contributed by atoms with Gasteiger partial charge in [0.2, 0.25) is 0 Å². The molecule has 1 aromatic carbocycles. The van der Waals surface area contributed by atoms with Crippen molar-refractivity contribution in [1.82, 2.24) is 4.90 Å². The molecule has 150 valence electrons. The van der Waals surface area contributed by atoms with E-state index in [1.807, 2.05) is 38.9 Å². The van der Waals surface area contributed by atoms with Gasteiger partial charge in [-0.1, -0.05) is 19.9 Å². The second-order valence-electron chi connectivity index (χ2n) is 7.52. The first-order valence-corrected chi connectivity index (χ1v) is 10.9. The fourth-order valence-corrected chi connectivity index (χ4v) is 4.80. The molecule has 8 heteroatoms. The van der Waals surface area contributed by atoms with Crippen molar-refractivity contribution in [3.05, 3.63) is 29.8 Å². The van der Waals surface area contributed by atoms with Crippen LogP contribution in [-0.4, -0.2) is 70.0 Å². The topological polar surface area (TPSA) is 84.0 Å². The molecular formula is C19H28N2O5S. The molecule has 0 unspecified atom stereocenters. The quantitative estimate of drug-likeness (QED) is 0.651. The summed E-state index contributed by atoms with van der Waals surface area (Å²) in [5.41, 5.74) is 1.22. The molecule has 1 atom stereocenters. The number of carbonyl (C=O) groups is 2. The first-order valence-electron chi connectivity index (χ1n) is 9.03. The lowest BCUT2D eigenvalue weighted by molar-refractivity contribution is -0.137. The molecule has 1 fully saturated rings. The standard InChI is InChI=1S/C19H28N2O5S/c1-14(2)11-21(17-8-9-27(24,25)13-17)18(22)12-26-19(23)15-6-5-7-16(10-15)20(3)4/h5-7,10,14,17H,8-9,11-13H2,1-4H3/t17-/m1/s1. The maximum Gasteiger partial charge on any atom is 0.338 e. The number of nitrogens with zero attached hydrogens (tertiary/aromatic N) is 2. The van der Waals surface area contributed by atoms with Crippen LogP contribution in [0.1, 0.15) is 30.6 Å². The van der Waals surface area contributed by atoms with Crippen LogP contribution in [0.5, 0.6) is 0 Å². The van der Waals surface area contributed by atoms with Gasteiger partial charge in [-0.2, -0.15) is 0 Å². The first-order chi connectivity index (χ1) is 12.6. The number of carbonyl (C=O) groups excluding carboxylic acids is 2. The van der Waals surface area contributed by atoms with Crippen LogP contribution in [0, 0.1) is 5.92 Å². The average molecular weight is 397 g/mol. The van der Waals surface area contributed by atoms with Gasteiger partial charge in [0, 0.05) is 32.4 Å². The lowest BCUT2D eigenvalue weighted by Gasteiger charge is -2.29. The van der Waals surface area contributed by atoms with Gasteiger partial charge in [0.05, 0.1) is 17.1 Å². The number of ether oxygens (including phenoxy) is 1. The number of hydrogen-bond acceptors (Lipinski definition) is 6. The minimum Gasteiger partial charge on any atom is -0.452 e. The highest BCUT2D eigenvalue weighted by Gasteiger charge is 2.35. The maximum absolute atomic E-state index is 12.6. The van der Waals surface area contributed by atoms with E-state index < -0.39 is 22.4 Å². The summed E-state index contributed by atoms with van der Waals surface area (Å²) in [7, 11) is 0.634. The van der Waals surface area contributed by atoms with Crippen molar-refractivity contribution >= 4 is 27.4 Å². The smallest absolute Gasteiger partial charge is 0.338 e.